The number of carbonyl (C=O) groups excluding carboxylic acids is 2. The van der Waals surface area contributed by atoms with Gasteiger partial charge >= 0.3 is 5.97 Å². The van der Waals surface area contributed by atoms with Crippen molar-refractivity contribution in [1.29, 1.82) is 0 Å². The second kappa shape index (κ2) is 10.8. The van der Waals surface area contributed by atoms with E-state index < -0.39 is 0 Å². The number of hydrogen-bond donors (Lipinski definition) is 0. The highest BCUT2D eigenvalue weighted by atomic mass is 32.1. The number of esters is 1. The van der Waals surface area contributed by atoms with E-state index in [1.807, 2.05) is 48.5 Å². The average molecular weight is 547 g/mol. The van der Waals surface area contributed by atoms with Crippen LogP contribution in [0.1, 0.15) is 24.5 Å². The zero-order valence-corrected chi connectivity index (χ0v) is 22.7. The van der Waals surface area contributed by atoms with Crippen LogP contribution in [0.2, 0.25) is 0 Å². The Bertz CT molecular complexity index is 1730. The van der Waals surface area contributed by atoms with E-state index in [0.29, 0.717) is 25.1 Å². The number of ether oxygens (including phenoxy) is 2. The minimum Gasteiger partial charge on any atom is -0.427 e. The number of hydrogen-bond acceptors (Lipinski definition) is 5. The number of fused-ring (bicyclic) bond motifs is 3. The van der Waals surface area contributed by atoms with E-state index in [4.69, 9.17) is 21.7 Å². The van der Waals surface area contributed by atoms with Crippen molar-refractivity contribution in [3.63, 3.8) is 0 Å². The fourth-order valence-corrected chi connectivity index (χ4v) is 5.20. The predicted octanol–water partition coefficient (Wildman–Crippen LogP) is 6.83. The lowest BCUT2D eigenvalue weighted by molar-refractivity contribution is -0.134. The average Bonchev–Trinajstić information content (AvgIpc) is 3.46. The van der Waals surface area contributed by atoms with E-state index in [9.17, 15) is 9.59 Å². The molecular weight excluding hydrogens is 520 g/mol. The van der Waals surface area contributed by atoms with Crippen molar-refractivity contribution in [2.75, 3.05) is 6.54 Å². The molecule has 1 saturated heterocycles. The molecule has 0 N–H and O–H groups in total. The Labute approximate surface area is 237 Å². The summed E-state index contributed by atoms with van der Waals surface area (Å²) in [6.07, 6.45) is 2.62. The monoisotopic (exact) mass is 546 g/mol. The standard InChI is InChI=1S/C33H26N2O4S/c1-2-31(36)38-25-17-13-22(14-18-25)19-20-34-32(37)30(39-33(34)40)21-23-11-15-24(16-12-23)35-28-9-5-3-7-26(28)27-8-4-6-10-29(27)35/h3-18,21H,2,19-20H2,1H3/b30-21+. The summed E-state index contributed by atoms with van der Waals surface area (Å²) in [7, 11) is 0. The first-order chi connectivity index (χ1) is 19.5. The third-order valence-corrected chi connectivity index (χ3v) is 7.27. The maximum atomic E-state index is 13.1. The number of amides is 1. The molecule has 0 atom stereocenters. The smallest absolute Gasteiger partial charge is 0.310 e. The quantitative estimate of drug-likeness (QED) is 0.0970. The first-order valence-electron chi connectivity index (χ1n) is 13.2. The first kappa shape index (κ1) is 25.5. The van der Waals surface area contributed by atoms with E-state index in [-0.39, 0.29) is 22.8 Å². The Morgan fingerprint density at radius 3 is 2.12 bits per heavy atom. The lowest BCUT2D eigenvalue weighted by Crippen LogP contribution is -2.30. The highest BCUT2D eigenvalue weighted by Crippen LogP contribution is 2.32. The van der Waals surface area contributed by atoms with Crippen LogP contribution < -0.4 is 4.74 Å². The largest absolute Gasteiger partial charge is 0.427 e. The van der Waals surface area contributed by atoms with Crippen LogP contribution in [0, 0.1) is 0 Å². The van der Waals surface area contributed by atoms with Crippen LogP contribution >= 0.6 is 12.2 Å². The maximum Gasteiger partial charge on any atom is 0.310 e. The van der Waals surface area contributed by atoms with E-state index in [1.165, 1.54) is 15.7 Å². The van der Waals surface area contributed by atoms with E-state index >= 15 is 0 Å². The number of rotatable bonds is 7. The second-order valence-electron chi connectivity index (χ2n) is 9.52. The number of carbonyl (C=O) groups is 2. The van der Waals surface area contributed by atoms with Crippen molar-refractivity contribution < 1.29 is 19.1 Å². The molecular formula is C33H26N2O4S. The molecule has 0 radical (unpaired) electrons. The predicted molar refractivity (Wildman–Crippen MR) is 160 cm³/mol. The zero-order valence-electron chi connectivity index (χ0n) is 21.9. The first-order valence-corrected chi connectivity index (χ1v) is 13.6. The summed E-state index contributed by atoms with van der Waals surface area (Å²) in [4.78, 5) is 26.0. The van der Waals surface area contributed by atoms with Gasteiger partial charge in [-0.3, -0.25) is 14.5 Å². The van der Waals surface area contributed by atoms with Crippen LogP contribution in [0.3, 0.4) is 0 Å². The molecule has 6 nitrogen and oxygen atoms in total. The topological polar surface area (TPSA) is 60.8 Å². The third-order valence-electron chi connectivity index (χ3n) is 6.97. The molecule has 7 heteroatoms. The summed E-state index contributed by atoms with van der Waals surface area (Å²) >= 11 is 5.35. The van der Waals surface area contributed by atoms with Crippen molar-refractivity contribution in [2.45, 2.75) is 19.8 Å². The minimum atomic E-state index is -0.279. The van der Waals surface area contributed by atoms with Crippen LogP contribution in [0.4, 0.5) is 0 Å². The Hall–Kier alpha value is -4.75. The van der Waals surface area contributed by atoms with Crippen LogP contribution in [0.25, 0.3) is 33.6 Å². The van der Waals surface area contributed by atoms with E-state index in [2.05, 4.69) is 41.0 Å². The fraction of sp³-hybridized carbons (Fsp3) is 0.121. The molecule has 0 aliphatic carbocycles. The van der Waals surface area contributed by atoms with Gasteiger partial charge in [0.1, 0.15) is 5.75 Å². The molecule has 0 unspecified atom stereocenters. The van der Waals surface area contributed by atoms with Gasteiger partial charge in [-0.05, 0) is 72.2 Å². The molecule has 5 aromatic rings. The highest BCUT2D eigenvalue weighted by Gasteiger charge is 2.33. The number of benzene rings is 4. The fourth-order valence-electron chi connectivity index (χ4n) is 4.93. The van der Waals surface area contributed by atoms with Gasteiger partial charge in [-0.2, -0.15) is 0 Å². The molecule has 198 valence electrons. The molecule has 1 aliphatic heterocycles. The van der Waals surface area contributed by atoms with Crippen LogP contribution in [0.5, 0.6) is 5.75 Å². The van der Waals surface area contributed by atoms with E-state index in [1.54, 1.807) is 25.1 Å². The molecule has 4 aromatic carbocycles. The minimum absolute atomic E-state index is 0.145. The molecule has 40 heavy (non-hydrogen) atoms. The summed E-state index contributed by atoms with van der Waals surface area (Å²) in [6.45, 7) is 2.13. The van der Waals surface area contributed by atoms with Gasteiger partial charge in [-0.15, -0.1) is 0 Å². The molecule has 0 spiro atoms. The van der Waals surface area contributed by atoms with Crippen molar-refractivity contribution in [3.05, 3.63) is 114 Å². The van der Waals surface area contributed by atoms with Gasteiger partial charge in [0.15, 0.2) is 5.76 Å². The lowest BCUT2D eigenvalue weighted by atomic mass is 10.1. The van der Waals surface area contributed by atoms with Crippen LogP contribution in [0.15, 0.2) is 103 Å². The third kappa shape index (κ3) is 4.87. The van der Waals surface area contributed by atoms with E-state index in [0.717, 1.165) is 27.8 Å². The number of nitrogens with zero attached hydrogens (tertiary/aromatic N) is 2. The van der Waals surface area contributed by atoms with Crippen molar-refractivity contribution in [3.8, 4) is 11.4 Å². The Morgan fingerprint density at radius 2 is 1.50 bits per heavy atom. The van der Waals surface area contributed by atoms with Gasteiger partial charge in [0.25, 0.3) is 11.1 Å². The van der Waals surface area contributed by atoms with Crippen molar-refractivity contribution in [1.82, 2.24) is 9.47 Å². The molecule has 0 saturated carbocycles. The molecule has 1 aromatic heterocycles. The summed E-state index contributed by atoms with van der Waals surface area (Å²) in [5.41, 5.74) is 5.15. The maximum absolute atomic E-state index is 13.1. The number of aromatic nitrogens is 1. The molecule has 0 bridgehead atoms. The molecule has 1 aliphatic rings. The molecule has 6 rings (SSSR count). The molecule has 1 fully saturated rings. The number of thiocarbonyl (C=S) groups is 1. The lowest BCUT2D eigenvalue weighted by Gasteiger charge is -2.12. The summed E-state index contributed by atoms with van der Waals surface area (Å²) in [5.74, 6) is 0.168. The second-order valence-corrected chi connectivity index (χ2v) is 9.87. The molecule has 2 heterocycles. The summed E-state index contributed by atoms with van der Waals surface area (Å²) < 4.78 is 13.1. The van der Waals surface area contributed by atoms with Crippen molar-refractivity contribution in [2.24, 2.45) is 0 Å². The Morgan fingerprint density at radius 1 is 0.875 bits per heavy atom. The van der Waals surface area contributed by atoms with Crippen LogP contribution in [-0.4, -0.2) is 33.1 Å². The van der Waals surface area contributed by atoms with Gasteiger partial charge in [-0.1, -0.05) is 67.6 Å². The van der Waals surface area contributed by atoms with Gasteiger partial charge in [0.2, 0.25) is 0 Å². The Kier molecular flexibility index (Phi) is 6.88. The van der Waals surface area contributed by atoms with Gasteiger partial charge < -0.3 is 14.0 Å². The summed E-state index contributed by atoms with van der Waals surface area (Å²) in [6, 6.07) is 32.0. The Balaban J connectivity index is 1.17. The van der Waals surface area contributed by atoms with Crippen LogP contribution in [-0.2, 0) is 20.7 Å². The van der Waals surface area contributed by atoms with Crippen molar-refractivity contribution >= 4 is 57.2 Å². The summed E-state index contributed by atoms with van der Waals surface area (Å²) in [5, 5.41) is 2.56. The van der Waals surface area contributed by atoms with Gasteiger partial charge in [-0.25, -0.2) is 0 Å². The normalized spacial score (nSPS) is 14.3. The highest BCUT2D eigenvalue weighted by molar-refractivity contribution is 7.80. The molecule has 1 amide bonds. The SMILES string of the molecule is CCC(=O)Oc1ccc(CCN2C(=O)/C(=C\c3ccc(-n4c5ccccc5c5ccccc54)cc3)OC2=S)cc1. The van der Waals surface area contributed by atoms with Gasteiger partial charge in [0.05, 0.1) is 11.0 Å². The number of para-hydroxylation sites is 2. The zero-order chi connectivity index (χ0) is 27.6. The van der Waals surface area contributed by atoms with Gasteiger partial charge in [0, 0.05) is 29.4 Å².